The smallest absolute Gasteiger partial charge is 0.251 e. The van der Waals surface area contributed by atoms with Gasteiger partial charge in [-0.3, -0.25) is 4.79 Å². The van der Waals surface area contributed by atoms with Gasteiger partial charge >= 0.3 is 0 Å². The molecule has 2 heterocycles. The summed E-state index contributed by atoms with van der Waals surface area (Å²) in [6, 6.07) is 19.3. The van der Waals surface area contributed by atoms with Crippen molar-refractivity contribution >= 4 is 28.4 Å². The van der Waals surface area contributed by atoms with Gasteiger partial charge in [0, 0.05) is 48.4 Å². The summed E-state index contributed by atoms with van der Waals surface area (Å²) in [4.78, 5) is 20.6. The van der Waals surface area contributed by atoms with Crippen molar-refractivity contribution in [2.75, 3.05) is 11.9 Å². The number of nitrogens with one attached hydrogen (secondary N) is 2. The second-order valence-electron chi connectivity index (χ2n) is 6.10. The molecule has 4 rings (SSSR count). The van der Waals surface area contributed by atoms with Crippen molar-refractivity contribution in [3.8, 4) is 0 Å². The fourth-order valence-electron chi connectivity index (χ4n) is 2.93. The van der Waals surface area contributed by atoms with Crippen LogP contribution in [-0.2, 0) is 6.54 Å². The molecule has 0 bridgehead atoms. The molecule has 1 amide bonds. The van der Waals surface area contributed by atoms with Crippen LogP contribution in [0.1, 0.15) is 10.4 Å². The standard InChI is InChI=1S/C21H19N5O/c27-20(22-13-15-26-14-10-16-4-1-2-5-19(16)26)17-6-8-18(9-7-17)25-21-23-11-3-12-24-21/h1-12,14H,13,15H2,(H,22,27)(H,23,24,25). The number of rotatable bonds is 6. The van der Waals surface area contributed by atoms with E-state index in [1.165, 1.54) is 10.9 Å². The van der Waals surface area contributed by atoms with Gasteiger partial charge in [-0.25, -0.2) is 9.97 Å². The van der Waals surface area contributed by atoms with Gasteiger partial charge < -0.3 is 15.2 Å². The van der Waals surface area contributed by atoms with E-state index in [9.17, 15) is 4.79 Å². The van der Waals surface area contributed by atoms with Crippen LogP contribution in [0, 0.1) is 0 Å². The molecule has 0 saturated heterocycles. The summed E-state index contributed by atoms with van der Waals surface area (Å²) in [6.45, 7) is 1.29. The molecule has 0 fully saturated rings. The molecular formula is C21H19N5O. The van der Waals surface area contributed by atoms with Gasteiger partial charge in [0.2, 0.25) is 5.95 Å². The average molecular weight is 357 g/mol. The number of amides is 1. The Labute approximate surface area is 156 Å². The van der Waals surface area contributed by atoms with Gasteiger partial charge in [-0.05, 0) is 47.9 Å². The Hall–Kier alpha value is -3.67. The maximum absolute atomic E-state index is 12.3. The highest BCUT2D eigenvalue weighted by Gasteiger charge is 2.06. The maximum Gasteiger partial charge on any atom is 0.251 e. The van der Waals surface area contributed by atoms with Crippen molar-refractivity contribution in [1.82, 2.24) is 19.9 Å². The zero-order valence-electron chi connectivity index (χ0n) is 14.7. The molecule has 0 unspecified atom stereocenters. The molecule has 2 aromatic heterocycles. The summed E-state index contributed by atoms with van der Waals surface area (Å²) < 4.78 is 2.14. The van der Waals surface area contributed by atoms with Crippen molar-refractivity contribution in [3.63, 3.8) is 0 Å². The third kappa shape index (κ3) is 3.95. The quantitative estimate of drug-likeness (QED) is 0.553. The van der Waals surface area contributed by atoms with E-state index in [2.05, 4.69) is 43.4 Å². The summed E-state index contributed by atoms with van der Waals surface area (Å²) >= 11 is 0. The molecule has 6 nitrogen and oxygen atoms in total. The molecule has 6 heteroatoms. The van der Waals surface area contributed by atoms with Gasteiger partial charge in [0.05, 0.1) is 0 Å². The summed E-state index contributed by atoms with van der Waals surface area (Å²) in [6.07, 6.45) is 5.39. The number of anilines is 2. The van der Waals surface area contributed by atoms with E-state index in [1.54, 1.807) is 30.6 Å². The third-order valence-corrected chi connectivity index (χ3v) is 4.29. The van der Waals surface area contributed by atoms with Crippen LogP contribution in [0.3, 0.4) is 0 Å². The first-order valence-corrected chi connectivity index (χ1v) is 8.76. The van der Waals surface area contributed by atoms with Crippen LogP contribution >= 0.6 is 0 Å². The molecule has 27 heavy (non-hydrogen) atoms. The lowest BCUT2D eigenvalue weighted by molar-refractivity contribution is 0.0952. The lowest BCUT2D eigenvalue weighted by Crippen LogP contribution is -2.27. The van der Waals surface area contributed by atoms with Crippen LogP contribution in [-0.4, -0.2) is 27.0 Å². The first kappa shape index (κ1) is 16.8. The van der Waals surface area contributed by atoms with Crippen molar-refractivity contribution < 1.29 is 4.79 Å². The molecule has 0 radical (unpaired) electrons. The van der Waals surface area contributed by atoms with E-state index in [0.717, 1.165) is 12.2 Å². The Morgan fingerprint density at radius 3 is 2.52 bits per heavy atom. The van der Waals surface area contributed by atoms with Crippen LogP contribution in [0.4, 0.5) is 11.6 Å². The van der Waals surface area contributed by atoms with Gasteiger partial charge in [0.1, 0.15) is 0 Å². The highest BCUT2D eigenvalue weighted by atomic mass is 16.1. The fraction of sp³-hybridized carbons (Fsp3) is 0.0952. The number of aromatic nitrogens is 3. The Balaban J connectivity index is 1.33. The van der Waals surface area contributed by atoms with Crippen molar-refractivity contribution in [3.05, 3.63) is 84.8 Å². The summed E-state index contributed by atoms with van der Waals surface area (Å²) in [5, 5.41) is 7.26. The lowest BCUT2D eigenvalue weighted by atomic mass is 10.2. The zero-order chi connectivity index (χ0) is 18.5. The molecule has 0 aliphatic carbocycles. The molecule has 4 aromatic rings. The zero-order valence-corrected chi connectivity index (χ0v) is 14.7. The third-order valence-electron chi connectivity index (χ3n) is 4.29. The Bertz CT molecular complexity index is 1040. The van der Waals surface area contributed by atoms with Crippen LogP contribution in [0.25, 0.3) is 10.9 Å². The van der Waals surface area contributed by atoms with E-state index in [0.29, 0.717) is 18.1 Å². The molecule has 0 saturated carbocycles. The highest BCUT2D eigenvalue weighted by Crippen LogP contribution is 2.15. The normalized spacial score (nSPS) is 10.7. The predicted molar refractivity (Wildman–Crippen MR) is 106 cm³/mol. The number of carbonyl (C=O) groups is 1. The lowest BCUT2D eigenvalue weighted by Gasteiger charge is -2.09. The van der Waals surface area contributed by atoms with Crippen LogP contribution in [0.15, 0.2) is 79.3 Å². The minimum atomic E-state index is -0.0889. The largest absolute Gasteiger partial charge is 0.350 e. The van der Waals surface area contributed by atoms with Crippen molar-refractivity contribution in [2.24, 2.45) is 0 Å². The topological polar surface area (TPSA) is 71.8 Å². The number of para-hydroxylation sites is 1. The summed E-state index contributed by atoms with van der Waals surface area (Å²) in [5.41, 5.74) is 2.62. The first-order chi connectivity index (χ1) is 13.3. The number of nitrogens with zero attached hydrogens (tertiary/aromatic N) is 3. The first-order valence-electron chi connectivity index (χ1n) is 8.76. The molecular weight excluding hydrogens is 338 g/mol. The highest BCUT2D eigenvalue weighted by molar-refractivity contribution is 5.94. The molecule has 134 valence electrons. The minimum absolute atomic E-state index is 0.0889. The van der Waals surface area contributed by atoms with Gasteiger partial charge in [-0.1, -0.05) is 18.2 Å². The second-order valence-corrected chi connectivity index (χ2v) is 6.10. The molecule has 0 aliphatic heterocycles. The Morgan fingerprint density at radius 2 is 1.70 bits per heavy atom. The van der Waals surface area contributed by atoms with E-state index in [-0.39, 0.29) is 5.91 Å². The predicted octanol–water partition coefficient (Wildman–Crippen LogP) is 3.60. The Kier molecular flexibility index (Phi) is 4.78. The molecule has 2 N–H and O–H groups in total. The van der Waals surface area contributed by atoms with Crippen LogP contribution < -0.4 is 10.6 Å². The Morgan fingerprint density at radius 1 is 0.926 bits per heavy atom. The van der Waals surface area contributed by atoms with Gasteiger partial charge in [0.15, 0.2) is 0 Å². The van der Waals surface area contributed by atoms with Gasteiger partial charge in [0.25, 0.3) is 5.91 Å². The number of hydrogen-bond acceptors (Lipinski definition) is 4. The van der Waals surface area contributed by atoms with Crippen molar-refractivity contribution in [2.45, 2.75) is 6.54 Å². The average Bonchev–Trinajstić information content (AvgIpc) is 3.12. The van der Waals surface area contributed by atoms with Gasteiger partial charge in [-0.15, -0.1) is 0 Å². The molecule has 0 spiro atoms. The van der Waals surface area contributed by atoms with Crippen LogP contribution in [0.2, 0.25) is 0 Å². The number of fused-ring (bicyclic) bond motifs is 1. The number of carbonyl (C=O) groups excluding carboxylic acids is 1. The van der Waals surface area contributed by atoms with Gasteiger partial charge in [-0.2, -0.15) is 0 Å². The summed E-state index contributed by atoms with van der Waals surface area (Å²) in [5.74, 6) is 0.433. The number of hydrogen-bond donors (Lipinski definition) is 2. The second kappa shape index (κ2) is 7.70. The van der Waals surface area contributed by atoms with Crippen LogP contribution in [0.5, 0.6) is 0 Å². The molecule has 0 aliphatic rings. The monoisotopic (exact) mass is 357 g/mol. The molecule has 2 aromatic carbocycles. The van der Waals surface area contributed by atoms with Crippen molar-refractivity contribution in [1.29, 1.82) is 0 Å². The van der Waals surface area contributed by atoms with E-state index in [4.69, 9.17) is 0 Å². The van der Waals surface area contributed by atoms with E-state index in [1.807, 2.05) is 30.5 Å². The fourth-order valence-corrected chi connectivity index (χ4v) is 2.93. The van der Waals surface area contributed by atoms with E-state index >= 15 is 0 Å². The SMILES string of the molecule is O=C(NCCn1ccc2ccccc21)c1ccc(Nc2ncccn2)cc1. The molecule has 0 atom stereocenters. The maximum atomic E-state index is 12.3. The number of benzene rings is 2. The minimum Gasteiger partial charge on any atom is -0.350 e. The van der Waals surface area contributed by atoms with E-state index < -0.39 is 0 Å². The summed E-state index contributed by atoms with van der Waals surface area (Å²) in [7, 11) is 0.